The molecule has 39 heavy (non-hydrogen) atoms. The maximum atomic E-state index is 12.2. The topological polar surface area (TPSA) is 30.9 Å². The first-order valence-corrected chi connectivity index (χ1v) is 14.0. The van der Waals surface area contributed by atoms with E-state index in [9.17, 15) is 13.2 Å². The summed E-state index contributed by atoms with van der Waals surface area (Å²) in [6.07, 6.45) is 5.53. The summed E-state index contributed by atoms with van der Waals surface area (Å²) < 4.78 is 52.5. The third-order valence-electron chi connectivity index (χ3n) is 5.14. The van der Waals surface area contributed by atoms with Gasteiger partial charge in [0.15, 0.2) is 0 Å². The number of allylic oxidation sites excluding steroid dienone is 1. The second-order valence-corrected chi connectivity index (χ2v) is 8.76. The van der Waals surface area contributed by atoms with Crippen LogP contribution in [-0.4, -0.2) is 42.7 Å². The number of alkyl halides is 3. The Morgan fingerprint density at radius 2 is 1.49 bits per heavy atom. The molecule has 1 aliphatic carbocycles. The molecule has 0 N–H and O–H groups in total. The molecule has 7 heteroatoms. The van der Waals surface area contributed by atoms with Gasteiger partial charge in [-0.2, -0.15) is 0 Å². The van der Waals surface area contributed by atoms with Gasteiger partial charge in [-0.05, 0) is 44.2 Å². The minimum atomic E-state index is -4.69. The number of hydrogen-bond acceptors (Lipinski definition) is 4. The molecular weight excluding hydrogens is 503 g/mol. The molecule has 3 rings (SSSR count). The second kappa shape index (κ2) is 21.2. The minimum Gasteiger partial charge on any atom is -0.490 e. The molecule has 0 radical (unpaired) electrons. The molecule has 1 saturated heterocycles. The maximum Gasteiger partial charge on any atom is 0.573 e. The van der Waals surface area contributed by atoms with Crippen molar-refractivity contribution in [2.24, 2.45) is 0 Å². The van der Waals surface area contributed by atoms with Gasteiger partial charge in [0.05, 0.1) is 12.2 Å². The normalized spacial score (nSPS) is 18.2. The average molecular weight is 556 g/mol. The van der Waals surface area contributed by atoms with Gasteiger partial charge in [-0.25, -0.2) is 0 Å². The zero-order valence-corrected chi connectivity index (χ0v) is 25.5. The van der Waals surface area contributed by atoms with Crippen molar-refractivity contribution in [3.8, 4) is 11.5 Å². The van der Waals surface area contributed by atoms with E-state index in [2.05, 4.69) is 68.4 Å². The summed E-state index contributed by atoms with van der Waals surface area (Å²) in [7, 11) is 0. The first-order chi connectivity index (χ1) is 18.5. The van der Waals surface area contributed by atoms with Crippen molar-refractivity contribution >= 4 is 0 Å². The van der Waals surface area contributed by atoms with Crippen molar-refractivity contribution in [3.05, 3.63) is 73.5 Å². The molecule has 0 saturated carbocycles. The van der Waals surface area contributed by atoms with Gasteiger partial charge in [0.25, 0.3) is 0 Å². The van der Waals surface area contributed by atoms with Crippen LogP contribution in [0.15, 0.2) is 73.5 Å². The highest BCUT2D eigenvalue weighted by molar-refractivity contribution is 5.32. The van der Waals surface area contributed by atoms with Gasteiger partial charge in [-0.15, -0.1) is 26.3 Å². The lowest BCUT2D eigenvalue weighted by Gasteiger charge is -2.37. The Morgan fingerprint density at radius 1 is 1.00 bits per heavy atom. The summed E-state index contributed by atoms with van der Waals surface area (Å²) >= 11 is 0. The van der Waals surface area contributed by atoms with Crippen LogP contribution in [0.4, 0.5) is 13.2 Å². The summed E-state index contributed by atoms with van der Waals surface area (Å²) in [4.78, 5) is 2.33. The number of nitrogens with zero attached hydrogens (tertiary/aromatic N) is 1. The van der Waals surface area contributed by atoms with Gasteiger partial charge in [-0.1, -0.05) is 72.3 Å². The smallest absolute Gasteiger partial charge is 0.490 e. The molecule has 1 aromatic carbocycles. The molecule has 2 aliphatic rings. The third kappa shape index (κ3) is 16.8. The molecule has 1 atom stereocenters. The highest BCUT2D eigenvalue weighted by Gasteiger charge is 2.31. The summed E-state index contributed by atoms with van der Waals surface area (Å²) in [5.74, 6) is 0.296. The number of benzene rings is 1. The Kier molecular flexibility index (Phi) is 20.9. The molecule has 0 amide bonds. The molecule has 4 nitrogen and oxygen atoms in total. The molecule has 1 fully saturated rings. The van der Waals surface area contributed by atoms with Crippen LogP contribution in [0.25, 0.3) is 0 Å². The molecule has 1 aliphatic heterocycles. The Labute approximate surface area is 236 Å². The molecular formula is C32H52F3NO3. The maximum absolute atomic E-state index is 12.2. The van der Waals surface area contributed by atoms with Gasteiger partial charge in [0, 0.05) is 38.0 Å². The standard InChI is InChI=1S/C23H28F3NO3.C3H8.2C2H6.C2H4/c1-17(2)16-28-22(3)12-8-18(9-13-22)27-14-10-20(11-15-27)29-19-4-6-21(7-5-19)30-23(24,25)26;1-3-2;3*1-2/h4-9,12,20H,1,10-11,13-16H2,2-3H3;3H2,1-2H3;2*1-2H3;1-2H2. The Balaban J connectivity index is 0. The van der Waals surface area contributed by atoms with E-state index >= 15 is 0 Å². The fourth-order valence-electron chi connectivity index (χ4n) is 3.48. The van der Waals surface area contributed by atoms with E-state index in [1.54, 1.807) is 0 Å². The number of ether oxygens (including phenoxy) is 3. The SMILES string of the molecule is C=C.C=C(C)COC1(C)C=CC(N2CCC(Oc3ccc(OC(F)(F)F)cc3)CC2)=CC1.CC.CC.CCC. The van der Waals surface area contributed by atoms with Crippen LogP contribution in [0.1, 0.15) is 81.1 Å². The van der Waals surface area contributed by atoms with E-state index in [0.717, 1.165) is 37.9 Å². The van der Waals surface area contributed by atoms with Crippen LogP contribution in [0.2, 0.25) is 0 Å². The van der Waals surface area contributed by atoms with Crippen molar-refractivity contribution in [3.63, 3.8) is 0 Å². The van der Waals surface area contributed by atoms with Crippen molar-refractivity contribution in [2.75, 3.05) is 19.7 Å². The molecule has 0 bridgehead atoms. The Bertz CT molecular complexity index is 826. The fraction of sp³-hybridized carbons (Fsp3) is 0.562. The van der Waals surface area contributed by atoms with Gasteiger partial charge in [-0.3, -0.25) is 0 Å². The van der Waals surface area contributed by atoms with Crippen LogP contribution < -0.4 is 9.47 Å². The predicted molar refractivity (Wildman–Crippen MR) is 159 cm³/mol. The second-order valence-electron chi connectivity index (χ2n) is 8.76. The summed E-state index contributed by atoms with van der Waals surface area (Å²) in [6, 6.07) is 5.54. The van der Waals surface area contributed by atoms with Crippen LogP contribution in [-0.2, 0) is 4.74 Å². The van der Waals surface area contributed by atoms with Crippen LogP contribution in [0.3, 0.4) is 0 Å². The first-order valence-electron chi connectivity index (χ1n) is 14.0. The monoisotopic (exact) mass is 555 g/mol. The van der Waals surface area contributed by atoms with Gasteiger partial charge in [0.1, 0.15) is 17.6 Å². The van der Waals surface area contributed by atoms with Crippen molar-refractivity contribution in [2.45, 2.75) is 99.1 Å². The number of piperidine rings is 1. The highest BCUT2D eigenvalue weighted by Crippen LogP contribution is 2.30. The van der Waals surface area contributed by atoms with E-state index in [4.69, 9.17) is 9.47 Å². The third-order valence-corrected chi connectivity index (χ3v) is 5.14. The minimum absolute atomic E-state index is 0.0352. The van der Waals surface area contributed by atoms with E-state index < -0.39 is 6.36 Å². The largest absolute Gasteiger partial charge is 0.573 e. The molecule has 1 aromatic rings. The van der Waals surface area contributed by atoms with Gasteiger partial charge < -0.3 is 19.1 Å². The van der Waals surface area contributed by atoms with Gasteiger partial charge >= 0.3 is 6.36 Å². The molecule has 224 valence electrons. The number of likely N-dealkylation sites (tertiary alicyclic amines) is 1. The highest BCUT2D eigenvalue weighted by atomic mass is 19.4. The zero-order valence-electron chi connectivity index (χ0n) is 25.5. The number of hydrogen-bond donors (Lipinski definition) is 0. The lowest BCUT2D eigenvalue weighted by atomic mass is 9.94. The first kappa shape index (κ1) is 38.5. The molecule has 1 unspecified atom stereocenters. The van der Waals surface area contributed by atoms with Gasteiger partial charge in [0.2, 0.25) is 0 Å². The molecule has 0 aromatic heterocycles. The van der Waals surface area contributed by atoms with Crippen LogP contribution in [0.5, 0.6) is 11.5 Å². The van der Waals surface area contributed by atoms with Crippen LogP contribution >= 0.6 is 0 Å². The Morgan fingerprint density at radius 3 is 1.90 bits per heavy atom. The van der Waals surface area contributed by atoms with E-state index in [1.165, 1.54) is 36.4 Å². The van der Waals surface area contributed by atoms with Crippen molar-refractivity contribution < 1.29 is 27.4 Å². The summed E-state index contributed by atoms with van der Waals surface area (Å²) in [5, 5.41) is 0. The fourth-order valence-corrected chi connectivity index (χ4v) is 3.48. The van der Waals surface area contributed by atoms with Crippen molar-refractivity contribution in [1.29, 1.82) is 0 Å². The molecule has 1 heterocycles. The zero-order chi connectivity index (χ0) is 30.5. The summed E-state index contributed by atoms with van der Waals surface area (Å²) in [6.45, 7) is 28.4. The predicted octanol–water partition coefficient (Wildman–Crippen LogP) is 9.89. The number of rotatable bonds is 7. The molecule has 0 spiro atoms. The van der Waals surface area contributed by atoms with E-state index in [0.29, 0.717) is 12.4 Å². The van der Waals surface area contributed by atoms with E-state index in [-0.39, 0.29) is 17.5 Å². The Hall–Kier alpha value is -2.67. The average Bonchev–Trinajstić information content (AvgIpc) is 2.93. The lowest BCUT2D eigenvalue weighted by molar-refractivity contribution is -0.274. The van der Waals surface area contributed by atoms with Crippen LogP contribution in [0, 0.1) is 0 Å². The van der Waals surface area contributed by atoms with Crippen molar-refractivity contribution in [1.82, 2.24) is 4.90 Å². The number of halogens is 3. The quantitative estimate of drug-likeness (QED) is 0.313. The lowest BCUT2D eigenvalue weighted by Crippen LogP contribution is -2.38. The van der Waals surface area contributed by atoms with E-state index in [1.807, 2.05) is 34.6 Å². The summed E-state index contributed by atoms with van der Waals surface area (Å²) in [5.41, 5.74) is 1.90.